The molecule has 0 bridgehead atoms. The molecule has 1 aromatic rings. The molecule has 1 saturated heterocycles. The Morgan fingerprint density at radius 3 is 2.50 bits per heavy atom. The maximum Gasteiger partial charge on any atom is 0.118 e. The van der Waals surface area contributed by atoms with Gasteiger partial charge >= 0.3 is 0 Å². The summed E-state index contributed by atoms with van der Waals surface area (Å²) in [5, 5.41) is 13.9. The molecular formula is C16H26ClNO2. The molecular weight excluding hydrogens is 274 g/mol. The summed E-state index contributed by atoms with van der Waals surface area (Å²) in [5.41, 5.74) is 0.666. The largest absolute Gasteiger partial charge is 0.497 e. The number of halogens is 1. The van der Waals surface area contributed by atoms with E-state index in [-0.39, 0.29) is 12.4 Å². The summed E-state index contributed by atoms with van der Waals surface area (Å²) in [7, 11) is 1.68. The fourth-order valence-corrected chi connectivity index (χ4v) is 3.03. The molecule has 1 heterocycles. The number of hydrogen-bond acceptors (Lipinski definition) is 3. The van der Waals surface area contributed by atoms with E-state index >= 15 is 0 Å². The minimum absolute atomic E-state index is 0. The van der Waals surface area contributed by atoms with Gasteiger partial charge in [-0.2, -0.15) is 0 Å². The second kappa shape index (κ2) is 7.30. The van der Waals surface area contributed by atoms with Crippen molar-refractivity contribution in [1.29, 1.82) is 0 Å². The van der Waals surface area contributed by atoms with Gasteiger partial charge in [-0.3, -0.25) is 0 Å². The summed E-state index contributed by atoms with van der Waals surface area (Å²) in [6, 6.07) is 8.56. The first-order valence-electron chi connectivity index (χ1n) is 7.09. The molecule has 3 nitrogen and oxygen atoms in total. The number of nitrogens with one attached hydrogen (secondary N) is 1. The van der Waals surface area contributed by atoms with Crippen LogP contribution >= 0.6 is 12.4 Å². The Kier molecular flexibility index (Phi) is 6.31. The van der Waals surface area contributed by atoms with Crippen LogP contribution in [-0.2, 0) is 6.42 Å². The molecule has 0 amide bonds. The van der Waals surface area contributed by atoms with Gasteiger partial charge in [0, 0.05) is 12.0 Å². The van der Waals surface area contributed by atoms with E-state index in [1.165, 1.54) is 5.56 Å². The third kappa shape index (κ3) is 4.37. The minimum atomic E-state index is -0.620. The van der Waals surface area contributed by atoms with E-state index in [1.54, 1.807) is 7.11 Å². The Balaban J connectivity index is 0.00000200. The first-order valence-corrected chi connectivity index (χ1v) is 7.09. The average Bonchev–Trinajstić information content (AvgIpc) is 2.39. The molecule has 1 aromatic carbocycles. The molecule has 2 rings (SSSR count). The zero-order valence-corrected chi connectivity index (χ0v) is 13.4. The van der Waals surface area contributed by atoms with Crippen molar-refractivity contribution in [3.05, 3.63) is 29.8 Å². The predicted molar refractivity (Wildman–Crippen MR) is 84.8 cm³/mol. The highest BCUT2D eigenvalue weighted by molar-refractivity contribution is 5.85. The van der Waals surface area contributed by atoms with Crippen molar-refractivity contribution in [2.45, 2.75) is 44.8 Å². The van der Waals surface area contributed by atoms with Crippen molar-refractivity contribution >= 4 is 12.4 Å². The average molecular weight is 300 g/mol. The molecule has 0 radical (unpaired) electrons. The highest BCUT2D eigenvalue weighted by Crippen LogP contribution is 2.29. The Labute approximate surface area is 128 Å². The molecule has 0 spiro atoms. The number of ether oxygens (including phenoxy) is 1. The van der Waals surface area contributed by atoms with E-state index in [1.807, 2.05) is 26.0 Å². The summed E-state index contributed by atoms with van der Waals surface area (Å²) >= 11 is 0. The van der Waals surface area contributed by atoms with Gasteiger partial charge in [0.2, 0.25) is 0 Å². The van der Waals surface area contributed by atoms with E-state index in [4.69, 9.17) is 4.74 Å². The lowest BCUT2D eigenvalue weighted by Crippen LogP contribution is -2.51. The van der Waals surface area contributed by atoms with E-state index in [2.05, 4.69) is 17.4 Å². The van der Waals surface area contributed by atoms with Crippen LogP contribution in [0.15, 0.2) is 24.3 Å². The molecule has 1 fully saturated rings. The van der Waals surface area contributed by atoms with E-state index in [0.29, 0.717) is 12.0 Å². The van der Waals surface area contributed by atoms with Gasteiger partial charge in [-0.05, 0) is 57.4 Å². The first-order chi connectivity index (χ1) is 9.00. The van der Waals surface area contributed by atoms with Gasteiger partial charge in [0.1, 0.15) is 5.75 Å². The Morgan fingerprint density at radius 1 is 1.30 bits per heavy atom. The van der Waals surface area contributed by atoms with Crippen LogP contribution in [0.5, 0.6) is 5.75 Å². The van der Waals surface area contributed by atoms with Crippen LogP contribution in [0.2, 0.25) is 0 Å². The van der Waals surface area contributed by atoms with Gasteiger partial charge in [-0.25, -0.2) is 0 Å². The lowest BCUT2D eigenvalue weighted by Gasteiger charge is -2.40. The van der Waals surface area contributed by atoms with Gasteiger partial charge in [0.25, 0.3) is 0 Å². The third-order valence-electron chi connectivity index (χ3n) is 4.11. The van der Waals surface area contributed by atoms with Crippen LogP contribution in [0.1, 0.15) is 32.3 Å². The van der Waals surface area contributed by atoms with Gasteiger partial charge in [0.15, 0.2) is 0 Å². The SMILES string of the molecule is COc1ccc(C[C@H]2NCCC[C@@H]2C(C)(C)O)cc1.Cl. The van der Waals surface area contributed by atoms with Gasteiger partial charge < -0.3 is 15.2 Å². The summed E-state index contributed by atoms with van der Waals surface area (Å²) < 4.78 is 5.18. The number of benzene rings is 1. The molecule has 0 aromatic heterocycles. The lowest BCUT2D eigenvalue weighted by atomic mass is 9.77. The molecule has 20 heavy (non-hydrogen) atoms. The normalized spacial score (nSPS) is 23.0. The molecule has 1 aliphatic heterocycles. The number of methoxy groups -OCH3 is 1. The fraction of sp³-hybridized carbons (Fsp3) is 0.625. The number of piperidine rings is 1. The third-order valence-corrected chi connectivity index (χ3v) is 4.11. The smallest absolute Gasteiger partial charge is 0.118 e. The molecule has 2 atom stereocenters. The lowest BCUT2D eigenvalue weighted by molar-refractivity contribution is -0.0131. The fourth-order valence-electron chi connectivity index (χ4n) is 3.03. The Hall–Kier alpha value is -0.770. The van der Waals surface area contributed by atoms with Crippen molar-refractivity contribution < 1.29 is 9.84 Å². The molecule has 2 N–H and O–H groups in total. The second-order valence-electron chi connectivity index (χ2n) is 6.02. The highest BCUT2D eigenvalue weighted by atomic mass is 35.5. The van der Waals surface area contributed by atoms with Crippen molar-refractivity contribution in [2.75, 3.05) is 13.7 Å². The Bertz CT molecular complexity index is 400. The summed E-state index contributed by atoms with van der Waals surface area (Å²) in [6.07, 6.45) is 3.20. The minimum Gasteiger partial charge on any atom is -0.497 e. The summed E-state index contributed by atoms with van der Waals surface area (Å²) in [6.45, 7) is 4.89. The molecule has 0 unspecified atom stereocenters. The molecule has 0 aliphatic carbocycles. The quantitative estimate of drug-likeness (QED) is 0.898. The summed E-state index contributed by atoms with van der Waals surface area (Å²) in [5.74, 6) is 1.20. The standard InChI is InChI=1S/C16H25NO2.ClH/c1-16(2,18)14-5-4-10-17-15(14)11-12-6-8-13(19-3)9-7-12;/h6-9,14-15,17-18H,4-5,10-11H2,1-3H3;1H/t14-,15+;/m0./s1. The topological polar surface area (TPSA) is 41.5 Å². The molecule has 0 saturated carbocycles. The van der Waals surface area contributed by atoms with Crippen LogP contribution in [0.3, 0.4) is 0 Å². The van der Waals surface area contributed by atoms with Crippen LogP contribution < -0.4 is 10.1 Å². The maximum atomic E-state index is 10.3. The van der Waals surface area contributed by atoms with E-state index in [9.17, 15) is 5.11 Å². The van der Waals surface area contributed by atoms with Crippen molar-refractivity contribution in [2.24, 2.45) is 5.92 Å². The van der Waals surface area contributed by atoms with E-state index in [0.717, 1.165) is 31.6 Å². The van der Waals surface area contributed by atoms with Crippen LogP contribution in [0.25, 0.3) is 0 Å². The van der Waals surface area contributed by atoms with Crippen molar-refractivity contribution in [3.63, 3.8) is 0 Å². The highest BCUT2D eigenvalue weighted by Gasteiger charge is 2.35. The predicted octanol–water partition coefficient (Wildman–Crippen LogP) is 2.80. The number of hydrogen-bond donors (Lipinski definition) is 2. The summed E-state index contributed by atoms with van der Waals surface area (Å²) in [4.78, 5) is 0. The number of aliphatic hydroxyl groups is 1. The Morgan fingerprint density at radius 2 is 1.95 bits per heavy atom. The van der Waals surface area contributed by atoms with Gasteiger partial charge in [-0.1, -0.05) is 12.1 Å². The first kappa shape index (κ1) is 17.3. The van der Waals surface area contributed by atoms with E-state index < -0.39 is 5.60 Å². The van der Waals surface area contributed by atoms with Gasteiger partial charge in [-0.15, -0.1) is 12.4 Å². The van der Waals surface area contributed by atoms with Gasteiger partial charge in [0.05, 0.1) is 12.7 Å². The van der Waals surface area contributed by atoms with Crippen LogP contribution in [0, 0.1) is 5.92 Å². The molecule has 1 aliphatic rings. The van der Waals surface area contributed by atoms with Crippen molar-refractivity contribution in [3.8, 4) is 5.75 Å². The number of rotatable bonds is 4. The zero-order valence-electron chi connectivity index (χ0n) is 12.6. The molecule has 4 heteroatoms. The van der Waals surface area contributed by atoms with Crippen LogP contribution in [-0.4, -0.2) is 30.4 Å². The van der Waals surface area contributed by atoms with Crippen molar-refractivity contribution in [1.82, 2.24) is 5.32 Å². The van der Waals surface area contributed by atoms with Crippen LogP contribution in [0.4, 0.5) is 0 Å². The molecule has 114 valence electrons. The zero-order chi connectivity index (χ0) is 13.9. The second-order valence-corrected chi connectivity index (χ2v) is 6.02. The monoisotopic (exact) mass is 299 g/mol. The maximum absolute atomic E-state index is 10.3.